The number of nitrogens with one attached hydrogen (secondary N) is 2. The van der Waals surface area contributed by atoms with Crippen molar-refractivity contribution in [2.75, 3.05) is 5.32 Å². The molecule has 1 aromatic carbocycles. The van der Waals surface area contributed by atoms with Gasteiger partial charge in [-0.25, -0.2) is 0 Å². The van der Waals surface area contributed by atoms with E-state index < -0.39 is 5.25 Å². The van der Waals surface area contributed by atoms with E-state index in [9.17, 15) is 9.59 Å². The molecule has 118 valence electrons. The van der Waals surface area contributed by atoms with Crippen LogP contribution < -0.4 is 10.9 Å². The van der Waals surface area contributed by atoms with E-state index in [1.165, 1.54) is 0 Å². The number of hydrogen-bond acceptors (Lipinski definition) is 6. The molecule has 0 bridgehead atoms. The molecule has 2 aromatic rings. The molecule has 0 aliphatic carbocycles. The van der Waals surface area contributed by atoms with E-state index in [2.05, 4.69) is 20.5 Å². The summed E-state index contributed by atoms with van der Waals surface area (Å²) in [5.41, 5.74) is 0.800. The first kappa shape index (κ1) is 16.7. The number of aromatic amines is 1. The minimum absolute atomic E-state index is 0.261. The molecule has 0 aliphatic heterocycles. The van der Waals surface area contributed by atoms with Crippen molar-refractivity contribution >= 4 is 23.4 Å². The molecule has 23 heavy (non-hydrogen) atoms. The van der Waals surface area contributed by atoms with E-state index >= 15 is 0 Å². The summed E-state index contributed by atoms with van der Waals surface area (Å²) < 4.78 is 0. The van der Waals surface area contributed by atoms with Gasteiger partial charge in [-0.1, -0.05) is 30.8 Å². The Labute approximate surface area is 137 Å². The Hall–Kier alpha value is -2.66. The first-order chi connectivity index (χ1) is 11.0. The number of anilines is 1. The molecule has 8 heteroatoms. The van der Waals surface area contributed by atoms with Crippen LogP contribution in [0.25, 0.3) is 0 Å². The quantitative estimate of drug-likeness (QED) is 0.810. The van der Waals surface area contributed by atoms with Gasteiger partial charge in [0.15, 0.2) is 5.16 Å². The Kier molecular flexibility index (Phi) is 5.49. The average molecular weight is 329 g/mol. The van der Waals surface area contributed by atoms with Crippen molar-refractivity contribution in [1.29, 1.82) is 5.26 Å². The lowest BCUT2D eigenvalue weighted by atomic mass is 10.2. The average Bonchev–Trinajstić information content (AvgIpc) is 2.56. The van der Waals surface area contributed by atoms with Crippen LogP contribution in [0.15, 0.2) is 34.2 Å². The number of nitrogens with zero attached hydrogens (tertiary/aromatic N) is 3. The van der Waals surface area contributed by atoms with E-state index in [0.29, 0.717) is 17.7 Å². The predicted molar refractivity (Wildman–Crippen MR) is 87.1 cm³/mol. The number of para-hydroxylation sites is 1. The number of aromatic nitrogens is 3. The van der Waals surface area contributed by atoms with Crippen LogP contribution in [0, 0.1) is 18.3 Å². The SMILES string of the molecule is CCC(Sc1nnc(C)c(=O)[nH]1)C(=O)Nc1ccccc1C#N. The second-order valence-corrected chi connectivity index (χ2v) is 5.90. The van der Waals surface area contributed by atoms with Crippen LogP contribution in [0.1, 0.15) is 24.6 Å². The second kappa shape index (κ2) is 7.56. The van der Waals surface area contributed by atoms with Crippen molar-refractivity contribution in [3.8, 4) is 6.07 Å². The van der Waals surface area contributed by atoms with Gasteiger partial charge >= 0.3 is 0 Å². The lowest BCUT2D eigenvalue weighted by Gasteiger charge is -2.14. The summed E-state index contributed by atoms with van der Waals surface area (Å²) in [7, 11) is 0. The van der Waals surface area contributed by atoms with Crippen LogP contribution in [-0.2, 0) is 4.79 Å². The molecule has 2 rings (SSSR count). The maximum Gasteiger partial charge on any atom is 0.273 e. The maximum atomic E-state index is 12.4. The first-order valence-electron chi connectivity index (χ1n) is 6.95. The third kappa shape index (κ3) is 4.17. The van der Waals surface area contributed by atoms with Gasteiger partial charge in [0.2, 0.25) is 5.91 Å². The summed E-state index contributed by atoms with van der Waals surface area (Å²) in [6, 6.07) is 8.80. The molecule has 7 nitrogen and oxygen atoms in total. The maximum absolute atomic E-state index is 12.4. The zero-order valence-electron chi connectivity index (χ0n) is 12.7. The summed E-state index contributed by atoms with van der Waals surface area (Å²) in [5.74, 6) is -0.261. The highest BCUT2D eigenvalue weighted by molar-refractivity contribution is 8.00. The van der Waals surface area contributed by atoms with Gasteiger partial charge in [-0.2, -0.15) is 5.26 Å². The smallest absolute Gasteiger partial charge is 0.273 e. The van der Waals surface area contributed by atoms with Gasteiger partial charge in [0.05, 0.1) is 16.5 Å². The number of thioether (sulfide) groups is 1. The molecule has 1 amide bonds. The molecular formula is C15H15N5O2S. The third-order valence-electron chi connectivity index (χ3n) is 3.06. The number of hydrogen-bond donors (Lipinski definition) is 2. The Morgan fingerprint density at radius 2 is 2.17 bits per heavy atom. The minimum Gasteiger partial charge on any atom is -0.324 e. The standard InChI is InChI=1S/C15H15N5O2S/c1-3-12(23-15-18-13(21)9(2)19-20-15)14(22)17-11-7-5-4-6-10(11)8-16/h4-7,12H,3H2,1-2H3,(H,17,22)(H,18,20,21). The molecule has 0 saturated carbocycles. The van der Waals surface area contributed by atoms with Crippen LogP contribution in [0.4, 0.5) is 5.69 Å². The summed E-state index contributed by atoms with van der Waals surface area (Å²) >= 11 is 1.13. The van der Waals surface area contributed by atoms with E-state index in [0.717, 1.165) is 11.8 Å². The van der Waals surface area contributed by atoms with Crippen molar-refractivity contribution in [2.24, 2.45) is 0 Å². The normalized spacial score (nSPS) is 11.5. The number of benzene rings is 1. The van der Waals surface area contributed by atoms with Crippen LogP contribution in [0.2, 0.25) is 0 Å². The highest BCUT2D eigenvalue weighted by atomic mass is 32.2. The van der Waals surface area contributed by atoms with E-state index in [1.807, 2.05) is 13.0 Å². The Morgan fingerprint density at radius 1 is 1.43 bits per heavy atom. The highest BCUT2D eigenvalue weighted by Crippen LogP contribution is 2.23. The van der Waals surface area contributed by atoms with E-state index in [-0.39, 0.29) is 22.3 Å². The van der Waals surface area contributed by atoms with Crippen molar-refractivity contribution < 1.29 is 4.79 Å². The van der Waals surface area contributed by atoms with E-state index in [1.54, 1.807) is 31.2 Å². The molecular weight excluding hydrogens is 314 g/mol. The largest absolute Gasteiger partial charge is 0.324 e. The fourth-order valence-electron chi connectivity index (χ4n) is 1.79. The molecule has 0 spiro atoms. The molecule has 0 aliphatic rings. The molecule has 1 aromatic heterocycles. The van der Waals surface area contributed by atoms with E-state index in [4.69, 9.17) is 5.26 Å². The summed E-state index contributed by atoms with van der Waals surface area (Å²) in [5, 5.41) is 19.2. The monoisotopic (exact) mass is 329 g/mol. The molecule has 1 unspecified atom stereocenters. The third-order valence-corrected chi connectivity index (χ3v) is 4.30. The molecule has 0 saturated heterocycles. The Balaban J connectivity index is 2.14. The number of H-pyrrole nitrogens is 1. The van der Waals surface area contributed by atoms with Gasteiger partial charge in [0.1, 0.15) is 11.8 Å². The number of carbonyl (C=O) groups excluding carboxylic acids is 1. The summed E-state index contributed by atoms with van der Waals surface area (Å²) in [6.07, 6.45) is 0.531. The second-order valence-electron chi connectivity index (χ2n) is 4.71. The zero-order valence-corrected chi connectivity index (χ0v) is 13.5. The van der Waals surface area contributed by atoms with Crippen LogP contribution in [0.3, 0.4) is 0 Å². The molecule has 1 heterocycles. The van der Waals surface area contributed by atoms with Crippen molar-refractivity contribution in [2.45, 2.75) is 30.7 Å². The minimum atomic E-state index is -0.464. The molecule has 2 N–H and O–H groups in total. The van der Waals surface area contributed by atoms with Gasteiger partial charge in [-0.3, -0.25) is 14.6 Å². The van der Waals surface area contributed by atoms with Gasteiger partial charge in [0.25, 0.3) is 5.56 Å². The highest BCUT2D eigenvalue weighted by Gasteiger charge is 2.20. The van der Waals surface area contributed by atoms with Crippen molar-refractivity contribution in [3.63, 3.8) is 0 Å². The Bertz CT molecular complexity index is 812. The molecule has 0 fully saturated rings. The van der Waals surface area contributed by atoms with Crippen molar-refractivity contribution in [3.05, 3.63) is 45.9 Å². The number of rotatable bonds is 5. The van der Waals surface area contributed by atoms with Crippen LogP contribution >= 0.6 is 11.8 Å². The topological polar surface area (TPSA) is 112 Å². The lowest BCUT2D eigenvalue weighted by molar-refractivity contribution is -0.115. The van der Waals surface area contributed by atoms with Gasteiger partial charge in [0, 0.05) is 0 Å². The molecule has 1 atom stereocenters. The number of carbonyl (C=O) groups is 1. The number of aryl methyl sites for hydroxylation is 1. The first-order valence-corrected chi connectivity index (χ1v) is 7.83. The predicted octanol–water partition coefficient (Wildman–Crippen LogP) is 1.85. The summed E-state index contributed by atoms with van der Waals surface area (Å²) in [4.78, 5) is 26.5. The number of amides is 1. The molecule has 0 radical (unpaired) electrons. The lowest BCUT2D eigenvalue weighted by Crippen LogP contribution is -2.26. The fraction of sp³-hybridized carbons (Fsp3) is 0.267. The Morgan fingerprint density at radius 3 is 2.83 bits per heavy atom. The fourth-order valence-corrected chi connectivity index (χ4v) is 2.63. The summed E-state index contributed by atoms with van der Waals surface area (Å²) in [6.45, 7) is 3.41. The van der Waals surface area contributed by atoms with Gasteiger partial charge < -0.3 is 5.32 Å². The van der Waals surface area contributed by atoms with Crippen LogP contribution in [-0.4, -0.2) is 26.3 Å². The van der Waals surface area contributed by atoms with Crippen LogP contribution in [0.5, 0.6) is 0 Å². The number of nitriles is 1. The van der Waals surface area contributed by atoms with Gasteiger partial charge in [-0.15, -0.1) is 10.2 Å². The van der Waals surface area contributed by atoms with Crippen molar-refractivity contribution in [1.82, 2.24) is 15.2 Å². The van der Waals surface area contributed by atoms with Gasteiger partial charge in [-0.05, 0) is 25.5 Å². The zero-order chi connectivity index (χ0) is 16.8.